The Labute approximate surface area is 331 Å². The lowest BCUT2D eigenvalue weighted by Crippen LogP contribution is -2.23. The summed E-state index contributed by atoms with van der Waals surface area (Å²) in [5.74, 6) is -8.10. The van der Waals surface area contributed by atoms with E-state index in [1.165, 1.54) is 16.9 Å². The molecule has 298 valence electrons. The summed E-state index contributed by atoms with van der Waals surface area (Å²) in [7, 11) is -2.24. The van der Waals surface area contributed by atoms with Gasteiger partial charge in [0.25, 0.3) is 12.3 Å². The Morgan fingerprint density at radius 2 is 1.67 bits per heavy atom. The zero-order chi connectivity index (χ0) is 41.1. The van der Waals surface area contributed by atoms with E-state index in [2.05, 4.69) is 20.7 Å². The lowest BCUT2D eigenvalue weighted by molar-refractivity contribution is -0.106. The SMILES string of the molecule is Cn1nc(NS(C)(=O)=O)c2c(Cl)ccc(-c3cc(-c4ccccc4Cl)cnc3C(Cc3cc(F)cc(F)c3)Cn3nc(C(F)F)c4c3C(F)(F)[C@@H]3C[C@H]43)c21.NC=O. The first-order chi connectivity index (χ1) is 26.9. The van der Waals surface area contributed by atoms with E-state index in [1.54, 1.807) is 43.4 Å². The molecule has 3 atom stereocenters. The Morgan fingerprint density at radius 3 is 2.32 bits per heavy atom. The minimum Gasteiger partial charge on any atom is -0.372 e. The predicted octanol–water partition coefficient (Wildman–Crippen LogP) is 8.73. The van der Waals surface area contributed by atoms with Crippen LogP contribution in [-0.2, 0) is 40.8 Å². The number of anilines is 1. The largest absolute Gasteiger partial charge is 0.372 e. The molecule has 57 heavy (non-hydrogen) atoms. The molecule has 19 heteroatoms. The predicted molar refractivity (Wildman–Crippen MR) is 203 cm³/mol. The molecule has 3 heterocycles. The molecule has 2 aliphatic rings. The molecular formula is C38H31Cl2F6N7O3S. The highest BCUT2D eigenvalue weighted by Crippen LogP contribution is 2.68. The topological polar surface area (TPSA) is 138 Å². The molecule has 0 spiro atoms. The third-order valence-electron chi connectivity index (χ3n) is 9.96. The van der Waals surface area contributed by atoms with Crippen molar-refractivity contribution in [1.82, 2.24) is 24.5 Å². The fourth-order valence-corrected chi connectivity index (χ4v) is 8.75. The molecule has 1 fully saturated rings. The number of carbonyl (C=O) groups excluding carboxylic acids is 1. The Kier molecular flexibility index (Phi) is 10.5. The summed E-state index contributed by atoms with van der Waals surface area (Å²) in [5.41, 5.74) is 5.34. The Bertz CT molecular complexity index is 2650. The summed E-state index contributed by atoms with van der Waals surface area (Å²) in [4.78, 5) is 13.4. The van der Waals surface area contributed by atoms with Crippen LogP contribution in [0.15, 0.2) is 66.9 Å². The first kappa shape index (κ1) is 40.1. The van der Waals surface area contributed by atoms with Gasteiger partial charge in [0.1, 0.15) is 23.0 Å². The third kappa shape index (κ3) is 7.55. The van der Waals surface area contributed by atoms with Crippen molar-refractivity contribution in [3.8, 4) is 22.3 Å². The number of aryl methyl sites for hydroxylation is 1. The first-order valence-corrected chi connectivity index (χ1v) is 19.8. The molecule has 3 aromatic heterocycles. The Balaban J connectivity index is 0.00000160. The Morgan fingerprint density at radius 1 is 0.982 bits per heavy atom. The maximum absolute atomic E-state index is 15.8. The number of nitrogens with two attached hydrogens (primary N) is 1. The average Bonchev–Trinajstić information content (AvgIpc) is 3.66. The van der Waals surface area contributed by atoms with E-state index in [9.17, 15) is 26.0 Å². The van der Waals surface area contributed by atoms with Crippen molar-refractivity contribution in [1.29, 1.82) is 0 Å². The number of halogens is 8. The maximum atomic E-state index is 15.8. The molecule has 8 rings (SSSR count). The van der Waals surface area contributed by atoms with Gasteiger partial charge in [-0.25, -0.2) is 26.0 Å². The number of primary amides is 1. The number of fused-ring (bicyclic) bond motifs is 4. The second-order valence-corrected chi connectivity index (χ2v) is 16.4. The second-order valence-electron chi connectivity index (χ2n) is 13.8. The van der Waals surface area contributed by atoms with Crippen LogP contribution in [0.1, 0.15) is 52.9 Å². The molecular weight excluding hydrogens is 819 g/mol. The van der Waals surface area contributed by atoms with Gasteiger partial charge < -0.3 is 5.73 Å². The summed E-state index contributed by atoms with van der Waals surface area (Å²) < 4.78 is 119. The van der Waals surface area contributed by atoms with Crippen LogP contribution in [0.25, 0.3) is 33.2 Å². The third-order valence-corrected chi connectivity index (χ3v) is 11.2. The van der Waals surface area contributed by atoms with Crippen molar-refractivity contribution < 1.29 is 39.6 Å². The molecule has 0 radical (unpaired) electrons. The maximum Gasteiger partial charge on any atom is 0.293 e. The molecule has 1 unspecified atom stereocenters. The molecule has 1 amide bonds. The van der Waals surface area contributed by atoms with Gasteiger partial charge in [-0.05, 0) is 54.7 Å². The van der Waals surface area contributed by atoms with E-state index < -0.39 is 69.7 Å². The summed E-state index contributed by atoms with van der Waals surface area (Å²) in [5, 5.41) is 9.20. The van der Waals surface area contributed by atoms with Crippen molar-refractivity contribution in [3.63, 3.8) is 0 Å². The van der Waals surface area contributed by atoms with Crippen LogP contribution in [0, 0.1) is 17.6 Å². The van der Waals surface area contributed by atoms with Crippen LogP contribution in [0.2, 0.25) is 10.0 Å². The normalized spacial score (nSPS) is 17.2. The van der Waals surface area contributed by atoms with Gasteiger partial charge in [-0.15, -0.1) is 0 Å². The highest BCUT2D eigenvalue weighted by Gasteiger charge is 2.67. The quantitative estimate of drug-likeness (QED) is 0.105. The van der Waals surface area contributed by atoms with E-state index >= 15 is 8.78 Å². The van der Waals surface area contributed by atoms with Crippen molar-refractivity contribution in [2.75, 3.05) is 11.0 Å². The van der Waals surface area contributed by atoms with Crippen LogP contribution in [0.4, 0.5) is 32.2 Å². The van der Waals surface area contributed by atoms with Crippen molar-refractivity contribution in [2.24, 2.45) is 18.7 Å². The number of rotatable bonds is 10. The minimum absolute atomic E-state index is 0.0576. The van der Waals surface area contributed by atoms with Crippen LogP contribution >= 0.6 is 23.2 Å². The molecule has 0 aliphatic heterocycles. The van der Waals surface area contributed by atoms with Crippen molar-refractivity contribution in [2.45, 2.75) is 43.6 Å². The van der Waals surface area contributed by atoms with Gasteiger partial charge in [-0.2, -0.15) is 19.0 Å². The molecule has 0 saturated heterocycles. The molecule has 6 aromatic rings. The highest BCUT2D eigenvalue weighted by molar-refractivity contribution is 7.92. The smallest absolute Gasteiger partial charge is 0.293 e. The first-order valence-electron chi connectivity index (χ1n) is 17.2. The zero-order valence-electron chi connectivity index (χ0n) is 29.8. The summed E-state index contributed by atoms with van der Waals surface area (Å²) in [6, 6.07) is 14.8. The molecule has 3 aromatic carbocycles. The zero-order valence-corrected chi connectivity index (χ0v) is 32.2. The van der Waals surface area contributed by atoms with Crippen LogP contribution in [0.5, 0.6) is 0 Å². The molecule has 3 N–H and O–H groups in total. The van der Waals surface area contributed by atoms with Gasteiger partial charge in [0.2, 0.25) is 16.4 Å². The van der Waals surface area contributed by atoms with Gasteiger partial charge in [0.05, 0.1) is 34.4 Å². The molecule has 0 bridgehead atoms. The van der Waals surface area contributed by atoms with Gasteiger partial charge >= 0.3 is 0 Å². The van der Waals surface area contributed by atoms with Gasteiger partial charge in [-0.3, -0.25) is 23.9 Å². The van der Waals surface area contributed by atoms with E-state index in [1.807, 2.05) is 0 Å². The van der Waals surface area contributed by atoms with Crippen LogP contribution in [0.3, 0.4) is 0 Å². The molecule has 10 nitrogen and oxygen atoms in total. The number of aromatic nitrogens is 5. The second kappa shape index (κ2) is 15.0. The number of sulfonamides is 1. The number of carbonyl (C=O) groups is 1. The van der Waals surface area contributed by atoms with Gasteiger partial charge in [-0.1, -0.05) is 47.5 Å². The van der Waals surface area contributed by atoms with E-state index in [4.69, 9.17) is 33.0 Å². The van der Waals surface area contributed by atoms with Gasteiger partial charge in [0.15, 0.2) is 5.82 Å². The van der Waals surface area contributed by atoms with E-state index in [0.29, 0.717) is 38.9 Å². The van der Waals surface area contributed by atoms with E-state index in [-0.39, 0.29) is 52.3 Å². The lowest BCUT2D eigenvalue weighted by Gasteiger charge is -2.24. The van der Waals surface area contributed by atoms with E-state index in [0.717, 1.165) is 23.1 Å². The highest BCUT2D eigenvalue weighted by atomic mass is 35.5. The fraction of sp³-hybridized carbons (Fsp3) is 0.263. The standard InChI is InChI=1S/C37H28Cl2F6N6O2S.CH3NO/c1-50-33-23(7-8-28(39)30(33)36(48-50)49-54(2,52)53)24-12-18(22-5-3-4-6-27(22)38)15-46-31(24)19(9-17-10-20(40)13-21(41)11-17)16-51-34-29(32(47-51)35(42)43)25-14-26(25)37(34,44)45;2-1-3/h3-8,10-13,15,19,25-26,35H,9,14,16H2,1-2H3,(H,48,49);1H,(H2,2,3)/t19?,25-,26+;/m0./s1. The van der Waals surface area contributed by atoms with Crippen molar-refractivity contribution >= 4 is 56.4 Å². The summed E-state index contributed by atoms with van der Waals surface area (Å²) in [6.07, 6.45) is -0.510. The summed E-state index contributed by atoms with van der Waals surface area (Å²) in [6.45, 7) is -0.420. The van der Waals surface area contributed by atoms with Crippen LogP contribution in [-0.4, -0.2) is 45.6 Å². The number of benzene rings is 3. The lowest BCUT2D eigenvalue weighted by atomic mass is 9.88. The minimum atomic E-state index is -3.81. The monoisotopic (exact) mass is 849 g/mol. The number of pyridine rings is 1. The number of hydrogen-bond acceptors (Lipinski definition) is 6. The Hall–Kier alpha value is -5.13. The van der Waals surface area contributed by atoms with Gasteiger partial charge in [0, 0.05) is 64.0 Å². The van der Waals surface area contributed by atoms with Crippen molar-refractivity contribution in [3.05, 3.63) is 117 Å². The number of alkyl halides is 4. The molecule has 2 aliphatic carbocycles. The number of amides is 1. The fourth-order valence-electron chi connectivity index (χ4n) is 7.77. The number of nitrogens with one attached hydrogen (secondary N) is 1. The average molecular weight is 851 g/mol. The molecule has 1 saturated carbocycles. The number of nitrogens with zero attached hydrogens (tertiary/aromatic N) is 5. The summed E-state index contributed by atoms with van der Waals surface area (Å²) >= 11 is 13.2. The van der Waals surface area contributed by atoms with Crippen LogP contribution < -0.4 is 10.5 Å². The number of hydrogen-bond donors (Lipinski definition) is 2.